The van der Waals surface area contributed by atoms with Gasteiger partial charge in [0.2, 0.25) is 0 Å². The smallest absolute Gasteiger partial charge is 0.337 e. The van der Waals surface area contributed by atoms with Crippen LogP contribution in [0.3, 0.4) is 0 Å². The number of carbonyl (C=O) groups is 1. The average Bonchev–Trinajstić information content (AvgIpc) is 2.47. The van der Waals surface area contributed by atoms with E-state index in [0.29, 0.717) is 22.6 Å². The maximum Gasteiger partial charge on any atom is 0.337 e. The Labute approximate surface area is 117 Å². The first-order valence-electron chi connectivity index (χ1n) is 6.01. The third-order valence-electron chi connectivity index (χ3n) is 2.83. The highest BCUT2D eigenvalue weighted by atomic mass is 16.5. The molecule has 0 amide bonds. The molecule has 0 saturated carbocycles. The maximum absolute atomic E-state index is 11.3. The van der Waals surface area contributed by atoms with Crippen LogP contribution in [0.25, 0.3) is 0 Å². The van der Waals surface area contributed by atoms with Gasteiger partial charge in [-0.25, -0.2) is 4.79 Å². The molecule has 2 aromatic carbocycles. The first-order valence-corrected chi connectivity index (χ1v) is 6.01. The van der Waals surface area contributed by atoms with E-state index in [1.165, 1.54) is 7.11 Å². The van der Waals surface area contributed by atoms with Crippen molar-refractivity contribution < 1.29 is 14.3 Å². The van der Waals surface area contributed by atoms with Crippen LogP contribution in [0.15, 0.2) is 42.5 Å². The van der Waals surface area contributed by atoms with E-state index in [-0.39, 0.29) is 5.97 Å². The third-order valence-corrected chi connectivity index (χ3v) is 2.83. The van der Waals surface area contributed by atoms with Crippen LogP contribution < -0.4 is 4.74 Å². The van der Waals surface area contributed by atoms with Crippen LogP contribution in [0, 0.1) is 18.3 Å². The SMILES string of the molecule is COC(=O)c1ccc(Oc2ccc(C#N)c(C)c2)cc1. The largest absolute Gasteiger partial charge is 0.465 e. The van der Waals surface area contributed by atoms with Gasteiger partial charge < -0.3 is 9.47 Å². The van der Waals surface area contributed by atoms with Crippen molar-refractivity contribution in [1.29, 1.82) is 5.26 Å². The fourth-order valence-corrected chi connectivity index (χ4v) is 1.74. The Morgan fingerprint density at radius 1 is 1.10 bits per heavy atom. The van der Waals surface area contributed by atoms with E-state index in [0.717, 1.165) is 5.56 Å². The lowest BCUT2D eigenvalue weighted by atomic mass is 10.1. The molecule has 0 aromatic heterocycles. The molecule has 0 atom stereocenters. The zero-order valence-corrected chi connectivity index (χ0v) is 11.2. The van der Waals surface area contributed by atoms with E-state index >= 15 is 0 Å². The van der Waals surface area contributed by atoms with Gasteiger partial charge in [-0.15, -0.1) is 0 Å². The summed E-state index contributed by atoms with van der Waals surface area (Å²) in [6.45, 7) is 1.85. The third kappa shape index (κ3) is 2.96. The van der Waals surface area contributed by atoms with Gasteiger partial charge in [0.15, 0.2) is 0 Å². The summed E-state index contributed by atoms with van der Waals surface area (Å²) in [4.78, 5) is 11.3. The van der Waals surface area contributed by atoms with Gasteiger partial charge in [-0.05, 0) is 55.0 Å². The molecule has 4 nitrogen and oxygen atoms in total. The summed E-state index contributed by atoms with van der Waals surface area (Å²) < 4.78 is 10.3. The number of esters is 1. The Morgan fingerprint density at radius 3 is 2.30 bits per heavy atom. The molecule has 0 N–H and O–H groups in total. The molecule has 0 aliphatic heterocycles. The van der Waals surface area contributed by atoms with Gasteiger partial charge in [-0.1, -0.05) is 0 Å². The topological polar surface area (TPSA) is 59.3 Å². The Kier molecular flexibility index (Phi) is 4.02. The first kappa shape index (κ1) is 13.6. The summed E-state index contributed by atoms with van der Waals surface area (Å²) in [6, 6.07) is 14.0. The summed E-state index contributed by atoms with van der Waals surface area (Å²) in [5, 5.41) is 8.87. The van der Waals surface area contributed by atoms with Crippen molar-refractivity contribution >= 4 is 5.97 Å². The van der Waals surface area contributed by atoms with Gasteiger partial charge in [0, 0.05) is 0 Å². The van der Waals surface area contributed by atoms with Crippen LogP contribution in [0.4, 0.5) is 0 Å². The van der Waals surface area contributed by atoms with E-state index in [1.807, 2.05) is 6.92 Å². The van der Waals surface area contributed by atoms with Crippen LogP contribution in [0.5, 0.6) is 11.5 Å². The number of carbonyl (C=O) groups excluding carboxylic acids is 1. The number of aryl methyl sites for hydroxylation is 1. The quantitative estimate of drug-likeness (QED) is 0.799. The van der Waals surface area contributed by atoms with Crippen LogP contribution in [-0.2, 0) is 4.74 Å². The number of rotatable bonds is 3. The van der Waals surface area contributed by atoms with E-state index in [4.69, 9.17) is 10.00 Å². The van der Waals surface area contributed by atoms with Crippen molar-refractivity contribution in [2.24, 2.45) is 0 Å². The van der Waals surface area contributed by atoms with Crippen molar-refractivity contribution in [3.05, 3.63) is 59.2 Å². The van der Waals surface area contributed by atoms with Crippen molar-refractivity contribution in [2.75, 3.05) is 7.11 Å². The monoisotopic (exact) mass is 267 g/mol. The molecule has 0 unspecified atom stereocenters. The van der Waals surface area contributed by atoms with Crippen LogP contribution in [-0.4, -0.2) is 13.1 Å². The maximum atomic E-state index is 11.3. The van der Waals surface area contributed by atoms with Gasteiger partial charge >= 0.3 is 5.97 Å². The molecule has 0 fully saturated rings. The zero-order valence-electron chi connectivity index (χ0n) is 11.2. The van der Waals surface area contributed by atoms with E-state index in [9.17, 15) is 4.79 Å². The molecule has 20 heavy (non-hydrogen) atoms. The summed E-state index contributed by atoms with van der Waals surface area (Å²) in [5.74, 6) is 0.875. The van der Waals surface area contributed by atoms with Gasteiger partial charge in [-0.2, -0.15) is 5.26 Å². The minimum Gasteiger partial charge on any atom is -0.465 e. The van der Waals surface area contributed by atoms with E-state index < -0.39 is 0 Å². The van der Waals surface area contributed by atoms with Crippen LogP contribution in [0.1, 0.15) is 21.5 Å². The van der Waals surface area contributed by atoms with E-state index in [2.05, 4.69) is 10.8 Å². The molecule has 2 rings (SSSR count). The van der Waals surface area contributed by atoms with Gasteiger partial charge in [0.25, 0.3) is 0 Å². The second kappa shape index (κ2) is 5.89. The normalized spacial score (nSPS) is 9.65. The minimum atomic E-state index is -0.384. The van der Waals surface area contributed by atoms with E-state index in [1.54, 1.807) is 42.5 Å². The van der Waals surface area contributed by atoms with Gasteiger partial charge in [0.1, 0.15) is 11.5 Å². The molecule has 100 valence electrons. The zero-order chi connectivity index (χ0) is 14.5. The number of ether oxygens (including phenoxy) is 2. The predicted octanol–water partition coefficient (Wildman–Crippen LogP) is 3.45. The lowest BCUT2D eigenvalue weighted by Crippen LogP contribution is -2.00. The Balaban J connectivity index is 2.16. The molecule has 0 heterocycles. The van der Waals surface area contributed by atoms with Crippen molar-refractivity contribution in [1.82, 2.24) is 0 Å². The number of benzene rings is 2. The second-order valence-corrected chi connectivity index (χ2v) is 4.21. The molecular formula is C16H13NO3. The molecule has 2 aromatic rings. The van der Waals surface area contributed by atoms with Gasteiger partial charge in [-0.3, -0.25) is 0 Å². The molecule has 4 heteroatoms. The Morgan fingerprint density at radius 2 is 1.75 bits per heavy atom. The molecule has 0 saturated heterocycles. The highest BCUT2D eigenvalue weighted by molar-refractivity contribution is 5.89. The lowest BCUT2D eigenvalue weighted by molar-refractivity contribution is 0.0600. The number of methoxy groups -OCH3 is 1. The van der Waals surface area contributed by atoms with Crippen LogP contribution in [0.2, 0.25) is 0 Å². The molecule has 0 radical (unpaired) electrons. The lowest BCUT2D eigenvalue weighted by Gasteiger charge is -2.07. The first-order chi connectivity index (χ1) is 9.63. The standard InChI is InChI=1S/C16H13NO3/c1-11-9-15(8-5-13(11)10-17)20-14-6-3-12(4-7-14)16(18)19-2/h3-9H,1-2H3. The predicted molar refractivity (Wildman–Crippen MR) is 73.7 cm³/mol. The Bertz CT molecular complexity index is 669. The summed E-state index contributed by atoms with van der Waals surface area (Å²) >= 11 is 0. The minimum absolute atomic E-state index is 0.384. The van der Waals surface area contributed by atoms with Crippen molar-refractivity contribution in [2.45, 2.75) is 6.92 Å². The Hall–Kier alpha value is -2.80. The summed E-state index contributed by atoms with van der Waals surface area (Å²) in [7, 11) is 1.34. The van der Waals surface area contributed by atoms with Crippen LogP contribution >= 0.6 is 0 Å². The molecule has 0 bridgehead atoms. The summed E-state index contributed by atoms with van der Waals surface area (Å²) in [6.07, 6.45) is 0. The highest BCUT2D eigenvalue weighted by Gasteiger charge is 2.06. The molecule has 0 spiro atoms. The fraction of sp³-hybridized carbons (Fsp3) is 0.125. The highest BCUT2D eigenvalue weighted by Crippen LogP contribution is 2.24. The fourth-order valence-electron chi connectivity index (χ4n) is 1.74. The second-order valence-electron chi connectivity index (χ2n) is 4.21. The molecule has 0 aliphatic carbocycles. The molecule has 0 aliphatic rings. The average molecular weight is 267 g/mol. The van der Waals surface area contributed by atoms with Gasteiger partial charge in [0.05, 0.1) is 24.3 Å². The number of hydrogen-bond acceptors (Lipinski definition) is 4. The number of nitrogens with zero attached hydrogens (tertiary/aromatic N) is 1. The molecular weight excluding hydrogens is 254 g/mol. The summed E-state index contributed by atoms with van der Waals surface area (Å²) in [5.41, 5.74) is 1.95. The van der Waals surface area contributed by atoms with Crippen molar-refractivity contribution in [3.63, 3.8) is 0 Å². The number of hydrogen-bond donors (Lipinski definition) is 0. The number of nitriles is 1. The van der Waals surface area contributed by atoms with Crippen molar-refractivity contribution in [3.8, 4) is 17.6 Å².